The lowest BCUT2D eigenvalue weighted by Gasteiger charge is -2.07. The van der Waals surface area contributed by atoms with Gasteiger partial charge in [-0.1, -0.05) is 0 Å². The zero-order valence-electron chi connectivity index (χ0n) is 15.9. The van der Waals surface area contributed by atoms with Crippen molar-refractivity contribution in [3.05, 3.63) is 23.0 Å². The van der Waals surface area contributed by atoms with Crippen molar-refractivity contribution in [3.63, 3.8) is 0 Å². The maximum Gasteiger partial charge on any atom is 0.259 e. The molecule has 29 heavy (non-hydrogen) atoms. The minimum absolute atomic E-state index is 0.0707. The molecular weight excluding hydrogens is 396 g/mol. The van der Waals surface area contributed by atoms with Crippen LogP contribution in [0.25, 0.3) is 5.78 Å². The summed E-state index contributed by atoms with van der Waals surface area (Å²) in [6.45, 7) is 5.32. The van der Waals surface area contributed by atoms with Crippen molar-refractivity contribution in [2.75, 3.05) is 35.8 Å². The van der Waals surface area contributed by atoms with Crippen LogP contribution in [0, 0.1) is 4.77 Å². The number of carbonyl (C=O) groups is 1. The zero-order valence-corrected chi connectivity index (χ0v) is 16.7. The Morgan fingerprint density at radius 3 is 2.76 bits per heavy atom. The molecule has 0 saturated heterocycles. The molecule has 1 aliphatic rings. The van der Waals surface area contributed by atoms with E-state index in [4.69, 9.17) is 21.7 Å². The van der Waals surface area contributed by atoms with E-state index in [2.05, 4.69) is 31.0 Å². The van der Waals surface area contributed by atoms with Crippen LogP contribution in [-0.2, 0) is 11.3 Å². The Morgan fingerprint density at radius 1 is 1.17 bits per heavy atom. The molecule has 2 aromatic heterocycles. The van der Waals surface area contributed by atoms with Gasteiger partial charge in [-0.3, -0.25) is 4.79 Å². The normalized spacial score (nSPS) is 12.2. The molecule has 0 saturated carbocycles. The maximum absolute atomic E-state index is 12.5. The van der Waals surface area contributed by atoms with Gasteiger partial charge in [0.1, 0.15) is 6.54 Å². The van der Waals surface area contributed by atoms with Crippen LogP contribution >= 0.6 is 12.2 Å². The topological polar surface area (TPSA) is 120 Å². The lowest BCUT2D eigenvalue weighted by molar-refractivity contribution is -0.116. The Balaban J connectivity index is 1.58. The summed E-state index contributed by atoms with van der Waals surface area (Å²) in [6.07, 6.45) is 0. The number of amides is 1. The molecule has 3 N–H and O–H groups in total. The molecule has 3 aromatic rings. The van der Waals surface area contributed by atoms with E-state index >= 15 is 0 Å². The van der Waals surface area contributed by atoms with Crippen molar-refractivity contribution in [1.29, 1.82) is 0 Å². The summed E-state index contributed by atoms with van der Waals surface area (Å²) in [7, 11) is 0. The predicted molar refractivity (Wildman–Crippen MR) is 109 cm³/mol. The van der Waals surface area contributed by atoms with Gasteiger partial charge in [0, 0.05) is 24.8 Å². The van der Waals surface area contributed by atoms with Crippen LogP contribution in [0.3, 0.4) is 0 Å². The second-order valence-electron chi connectivity index (χ2n) is 6.12. The third kappa shape index (κ3) is 3.78. The smallest absolute Gasteiger partial charge is 0.259 e. The van der Waals surface area contributed by atoms with Gasteiger partial charge >= 0.3 is 0 Å². The van der Waals surface area contributed by atoms with Crippen LogP contribution in [-0.4, -0.2) is 49.9 Å². The monoisotopic (exact) mass is 416 g/mol. The van der Waals surface area contributed by atoms with E-state index in [1.807, 2.05) is 13.8 Å². The van der Waals surface area contributed by atoms with E-state index in [1.54, 1.807) is 22.6 Å². The van der Waals surface area contributed by atoms with E-state index in [0.29, 0.717) is 52.7 Å². The highest BCUT2D eigenvalue weighted by Crippen LogP contribution is 2.34. The van der Waals surface area contributed by atoms with Gasteiger partial charge in [-0.25, -0.2) is 9.08 Å². The lowest BCUT2D eigenvalue weighted by Crippen LogP contribution is -2.19. The standard InChI is InChI=1S/C17H20N8O3S/c1-3-18-14-21-15(19-4-2)25-16(22-14)23-24(17(25)29)8-13(26)20-10-5-6-11-12(7-10)28-9-27-11/h5-7H,3-4,8-9H2,1-2H3,(H,20,26)(H2,18,19,21,22,23). The van der Waals surface area contributed by atoms with Gasteiger partial charge in [0.25, 0.3) is 5.78 Å². The third-order valence-corrected chi connectivity index (χ3v) is 4.46. The molecule has 0 fully saturated rings. The number of carbonyl (C=O) groups excluding carboxylic acids is 1. The average Bonchev–Trinajstić information content (AvgIpc) is 3.26. The van der Waals surface area contributed by atoms with Crippen molar-refractivity contribution >= 4 is 41.5 Å². The van der Waals surface area contributed by atoms with E-state index in [0.717, 1.165) is 0 Å². The first-order chi connectivity index (χ1) is 14.1. The first kappa shape index (κ1) is 18.9. The number of nitrogens with one attached hydrogen (secondary N) is 3. The lowest BCUT2D eigenvalue weighted by atomic mass is 10.3. The molecular formula is C17H20N8O3S. The number of aromatic nitrogens is 5. The van der Waals surface area contributed by atoms with Crippen LogP contribution in [0.1, 0.15) is 13.8 Å². The first-order valence-electron chi connectivity index (χ1n) is 9.14. The Labute approximate surface area is 171 Å². The average molecular weight is 416 g/mol. The quantitative estimate of drug-likeness (QED) is 0.496. The number of rotatable bonds is 7. The Kier molecular flexibility index (Phi) is 5.16. The number of benzene rings is 1. The fourth-order valence-electron chi connectivity index (χ4n) is 2.85. The summed E-state index contributed by atoms with van der Waals surface area (Å²) in [5.41, 5.74) is 0.595. The number of hydrogen-bond acceptors (Lipinski definition) is 9. The number of anilines is 3. The van der Waals surface area contributed by atoms with Crippen molar-refractivity contribution in [3.8, 4) is 11.5 Å². The van der Waals surface area contributed by atoms with Crippen LogP contribution in [0.15, 0.2) is 18.2 Å². The molecule has 0 unspecified atom stereocenters. The predicted octanol–water partition coefficient (Wildman–Crippen LogP) is 1.89. The van der Waals surface area contributed by atoms with Gasteiger partial charge in [-0.15, -0.1) is 5.10 Å². The van der Waals surface area contributed by atoms with Crippen LogP contribution in [0.4, 0.5) is 17.6 Å². The molecule has 1 amide bonds. The zero-order chi connectivity index (χ0) is 20.4. The molecule has 12 heteroatoms. The van der Waals surface area contributed by atoms with Crippen LogP contribution in [0.5, 0.6) is 11.5 Å². The number of nitrogens with zero attached hydrogens (tertiary/aromatic N) is 5. The highest BCUT2D eigenvalue weighted by Gasteiger charge is 2.17. The molecule has 1 aromatic carbocycles. The molecule has 152 valence electrons. The molecule has 11 nitrogen and oxygen atoms in total. The molecule has 0 radical (unpaired) electrons. The summed E-state index contributed by atoms with van der Waals surface area (Å²) in [5.74, 6) is 2.26. The summed E-state index contributed by atoms with van der Waals surface area (Å²) in [6, 6.07) is 5.20. The molecule has 3 heterocycles. The fraction of sp³-hybridized carbons (Fsp3) is 0.353. The van der Waals surface area contributed by atoms with Crippen molar-refractivity contribution in [2.24, 2.45) is 0 Å². The molecule has 0 aliphatic carbocycles. The van der Waals surface area contributed by atoms with Gasteiger partial charge in [-0.2, -0.15) is 9.97 Å². The summed E-state index contributed by atoms with van der Waals surface area (Å²) in [5, 5.41) is 13.4. The molecule has 4 rings (SSSR count). The van der Waals surface area contributed by atoms with Crippen LogP contribution < -0.4 is 25.4 Å². The number of fused-ring (bicyclic) bond motifs is 2. The largest absolute Gasteiger partial charge is 0.454 e. The van der Waals surface area contributed by atoms with Crippen molar-refractivity contribution in [2.45, 2.75) is 20.4 Å². The maximum atomic E-state index is 12.5. The third-order valence-electron chi connectivity index (χ3n) is 4.07. The molecule has 1 aliphatic heterocycles. The van der Waals surface area contributed by atoms with Crippen molar-refractivity contribution in [1.82, 2.24) is 24.1 Å². The second-order valence-corrected chi connectivity index (χ2v) is 6.49. The minimum Gasteiger partial charge on any atom is -0.454 e. The number of hydrogen-bond donors (Lipinski definition) is 3. The fourth-order valence-corrected chi connectivity index (χ4v) is 3.13. The molecule has 0 spiro atoms. The Bertz CT molecular complexity index is 1130. The summed E-state index contributed by atoms with van der Waals surface area (Å²) < 4.78 is 13.9. The van der Waals surface area contributed by atoms with Gasteiger partial charge < -0.3 is 25.4 Å². The van der Waals surface area contributed by atoms with Gasteiger partial charge in [0.2, 0.25) is 29.4 Å². The Hall–Kier alpha value is -3.41. The summed E-state index contributed by atoms with van der Waals surface area (Å²) >= 11 is 5.49. The van der Waals surface area contributed by atoms with Gasteiger partial charge in [-0.05, 0) is 38.2 Å². The van der Waals surface area contributed by atoms with E-state index < -0.39 is 0 Å². The van der Waals surface area contributed by atoms with Crippen molar-refractivity contribution < 1.29 is 14.3 Å². The van der Waals surface area contributed by atoms with E-state index in [9.17, 15) is 4.79 Å². The SMILES string of the molecule is CCNc1nc(NCC)n2c(=S)n(CC(=O)Nc3ccc4c(c3)OCO4)nc2n1. The van der Waals surface area contributed by atoms with Crippen LogP contribution in [0.2, 0.25) is 0 Å². The highest BCUT2D eigenvalue weighted by atomic mass is 32.1. The van der Waals surface area contributed by atoms with E-state index in [-0.39, 0.29) is 19.2 Å². The van der Waals surface area contributed by atoms with Gasteiger partial charge in [0.15, 0.2) is 11.5 Å². The molecule has 0 bridgehead atoms. The second kappa shape index (κ2) is 7.91. The highest BCUT2D eigenvalue weighted by molar-refractivity contribution is 7.71. The van der Waals surface area contributed by atoms with Gasteiger partial charge in [0.05, 0.1) is 0 Å². The molecule has 0 atom stereocenters. The minimum atomic E-state index is -0.284. The Morgan fingerprint density at radius 2 is 1.97 bits per heavy atom. The first-order valence-corrected chi connectivity index (χ1v) is 9.54. The number of ether oxygens (including phenoxy) is 2. The summed E-state index contributed by atoms with van der Waals surface area (Å²) in [4.78, 5) is 21.3. The van der Waals surface area contributed by atoms with E-state index in [1.165, 1.54) is 4.68 Å².